The molecule has 0 amide bonds. The minimum Gasteiger partial charge on any atom is -0.364 e. The third kappa shape index (κ3) is 3.83. The van der Waals surface area contributed by atoms with Gasteiger partial charge in [0, 0.05) is 61.6 Å². The van der Waals surface area contributed by atoms with Gasteiger partial charge < -0.3 is 4.90 Å². The third-order valence-electron chi connectivity index (χ3n) is 8.33. The number of ketones is 2. The molecule has 1 unspecified atom stereocenters. The van der Waals surface area contributed by atoms with Gasteiger partial charge in [0.1, 0.15) is 11.6 Å². The normalized spacial score (nSPS) is 32.9. The van der Waals surface area contributed by atoms with Crippen molar-refractivity contribution in [1.82, 2.24) is 9.78 Å². The van der Waals surface area contributed by atoms with E-state index in [2.05, 4.69) is 68.9 Å². The van der Waals surface area contributed by atoms with E-state index in [1.54, 1.807) is 4.68 Å². The van der Waals surface area contributed by atoms with Crippen LogP contribution in [0.1, 0.15) is 70.4 Å². The fourth-order valence-electron chi connectivity index (χ4n) is 7.16. The van der Waals surface area contributed by atoms with Crippen molar-refractivity contribution in [2.75, 3.05) is 4.90 Å². The van der Waals surface area contributed by atoms with Gasteiger partial charge in [0.25, 0.3) is 0 Å². The van der Waals surface area contributed by atoms with Gasteiger partial charge in [-0.1, -0.05) is 45.4 Å². The number of Topliss-reactive ketones (excluding diaryl/α,β-unsaturated/α-hetero) is 2. The molecule has 5 nitrogen and oxygen atoms in total. The Morgan fingerprint density at radius 3 is 1.82 bits per heavy atom. The van der Waals surface area contributed by atoms with Crippen molar-refractivity contribution in [1.29, 1.82) is 0 Å². The maximum Gasteiger partial charge on any atom is 0.139 e. The summed E-state index contributed by atoms with van der Waals surface area (Å²) in [5, 5.41) is 4.44. The third-order valence-corrected chi connectivity index (χ3v) is 8.33. The summed E-state index contributed by atoms with van der Waals surface area (Å²) in [6, 6.07) is 8.84. The monoisotopic (exact) mass is 447 g/mol. The first-order valence-corrected chi connectivity index (χ1v) is 12.3. The van der Waals surface area contributed by atoms with E-state index >= 15 is 0 Å². The van der Waals surface area contributed by atoms with Crippen molar-refractivity contribution >= 4 is 17.3 Å². The van der Waals surface area contributed by atoms with Gasteiger partial charge in [0.05, 0.1) is 6.20 Å². The number of hydrogen-bond acceptors (Lipinski definition) is 4. The minimum atomic E-state index is -0.185. The second-order valence-electron chi connectivity index (χ2n) is 12.4. The first-order chi connectivity index (χ1) is 15.5. The number of carbonyl (C=O) groups excluding carboxylic acids is 2. The molecule has 3 aliphatic rings. The zero-order valence-corrected chi connectivity index (χ0v) is 20.8. The average molecular weight is 448 g/mol. The standard InChI is InChI=1S/C28H37N3O2/c1-17-7-9-19(10-8-17)31-20-11-27(2,3)13-22(32)25(20)24(18-15-29-30(6)16-18)26-21(31)12-28(4,5)14-23(26)33/h7-10,15-16,20-21,24-26H,11-14H2,1-6H3/t20-,21+,24?,25-,26+. The maximum absolute atomic E-state index is 13.8. The van der Waals surface area contributed by atoms with Gasteiger partial charge in [-0.25, -0.2) is 0 Å². The fourth-order valence-corrected chi connectivity index (χ4v) is 7.16. The quantitative estimate of drug-likeness (QED) is 0.644. The van der Waals surface area contributed by atoms with Crippen LogP contribution in [-0.2, 0) is 16.6 Å². The van der Waals surface area contributed by atoms with Crippen molar-refractivity contribution in [3.63, 3.8) is 0 Å². The molecule has 2 saturated carbocycles. The largest absolute Gasteiger partial charge is 0.364 e. The molecule has 0 N–H and O–H groups in total. The predicted octanol–water partition coefficient (Wildman–Crippen LogP) is 5.08. The molecule has 2 heterocycles. The van der Waals surface area contributed by atoms with Gasteiger partial charge >= 0.3 is 0 Å². The molecular formula is C28H37N3O2. The molecule has 2 aromatic rings. The lowest BCUT2D eigenvalue weighted by molar-refractivity contribution is -0.138. The number of nitrogens with zero attached hydrogens (tertiary/aromatic N) is 3. The van der Waals surface area contributed by atoms with Crippen LogP contribution in [0.5, 0.6) is 0 Å². The summed E-state index contributed by atoms with van der Waals surface area (Å²) >= 11 is 0. The first kappa shape index (κ1) is 22.4. The van der Waals surface area contributed by atoms with Gasteiger partial charge in [-0.05, 0) is 48.3 Å². The van der Waals surface area contributed by atoms with Crippen LogP contribution >= 0.6 is 0 Å². The van der Waals surface area contributed by atoms with Crippen molar-refractivity contribution in [2.24, 2.45) is 29.7 Å². The summed E-state index contributed by atoms with van der Waals surface area (Å²) in [5.74, 6) is 0.143. The Balaban J connectivity index is 1.71. The van der Waals surface area contributed by atoms with Crippen molar-refractivity contribution < 1.29 is 9.59 Å². The van der Waals surface area contributed by atoms with Crippen LogP contribution in [-0.4, -0.2) is 33.4 Å². The van der Waals surface area contributed by atoms with Crippen LogP contribution in [0, 0.1) is 29.6 Å². The second kappa shape index (κ2) is 7.54. The maximum atomic E-state index is 13.8. The van der Waals surface area contributed by atoms with E-state index in [1.165, 1.54) is 5.56 Å². The highest BCUT2D eigenvalue weighted by Crippen LogP contribution is 2.56. The lowest BCUT2D eigenvalue weighted by Crippen LogP contribution is -2.66. The van der Waals surface area contributed by atoms with E-state index < -0.39 is 0 Å². The van der Waals surface area contributed by atoms with Gasteiger partial charge in [-0.15, -0.1) is 0 Å². The number of benzene rings is 1. The van der Waals surface area contributed by atoms with E-state index in [0.717, 1.165) is 24.1 Å². The molecule has 3 fully saturated rings. The molecule has 5 heteroatoms. The summed E-state index contributed by atoms with van der Waals surface area (Å²) in [5.41, 5.74) is 3.30. The SMILES string of the molecule is Cc1ccc(N2[C@@H]3CC(C)(C)CC(=O)[C@@H]3C(c3cnn(C)c3)[C@@H]3C(=O)CC(C)(C)C[C@@H]32)cc1. The van der Waals surface area contributed by atoms with Gasteiger partial charge in [-0.3, -0.25) is 14.3 Å². The summed E-state index contributed by atoms with van der Waals surface area (Å²) < 4.78 is 1.81. The Labute approximate surface area is 197 Å². The number of carbonyl (C=O) groups is 2. The Hall–Kier alpha value is -2.43. The van der Waals surface area contributed by atoms with Crippen LogP contribution in [0.2, 0.25) is 0 Å². The lowest BCUT2D eigenvalue weighted by Gasteiger charge is -2.60. The highest BCUT2D eigenvalue weighted by atomic mass is 16.1. The molecule has 0 bridgehead atoms. The van der Waals surface area contributed by atoms with Crippen LogP contribution in [0.25, 0.3) is 0 Å². The van der Waals surface area contributed by atoms with Gasteiger partial charge in [0.2, 0.25) is 0 Å². The molecule has 5 rings (SSSR count). The highest BCUT2D eigenvalue weighted by Gasteiger charge is 2.60. The zero-order chi connectivity index (χ0) is 23.7. The molecule has 33 heavy (non-hydrogen) atoms. The van der Waals surface area contributed by atoms with E-state index in [-0.39, 0.29) is 40.7 Å². The van der Waals surface area contributed by atoms with E-state index in [9.17, 15) is 9.59 Å². The molecule has 176 valence electrons. The Morgan fingerprint density at radius 2 is 1.36 bits per heavy atom. The molecular weight excluding hydrogens is 410 g/mol. The van der Waals surface area contributed by atoms with E-state index in [4.69, 9.17) is 0 Å². The van der Waals surface area contributed by atoms with E-state index in [1.807, 2.05) is 19.4 Å². The number of aromatic nitrogens is 2. The number of aryl methyl sites for hydroxylation is 2. The Morgan fingerprint density at radius 1 is 0.848 bits per heavy atom. The summed E-state index contributed by atoms with van der Waals surface area (Å²) in [7, 11) is 1.91. The highest BCUT2D eigenvalue weighted by molar-refractivity contribution is 5.90. The summed E-state index contributed by atoms with van der Waals surface area (Å²) in [6.07, 6.45) is 6.96. The van der Waals surface area contributed by atoms with Gasteiger partial charge in [0.15, 0.2) is 0 Å². The molecule has 0 spiro atoms. The molecule has 5 atom stereocenters. The van der Waals surface area contributed by atoms with Crippen molar-refractivity contribution in [2.45, 2.75) is 78.3 Å². The Bertz CT molecular complexity index is 1040. The van der Waals surface area contributed by atoms with Crippen molar-refractivity contribution in [3.05, 3.63) is 47.8 Å². The summed E-state index contributed by atoms with van der Waals surface area (Å²) in [6.45, 7) is 11.0. The molecule has 2 aliphatic carbocycles. The van der Waals surface area contributed by atoms with E-state index in [0.29, 0.717) is 24.4 Å². The summed E-state index contributed by atoms with van der Waals surface area (Å²) in [4.78, 5) is 30.1. The van der Waals surface area contributed by atoms with Crippen LogP contribution in [0.15, 0.2) is 36.7 Å². The topological polar surface area (TPSA) is 55.2 Å². The molecule has 1 aromatic heterocycles. The fraction of sp³-hybridized carbons (Fsp3) is 0.607. The van der Waals surface area contributed by atoms with Crippen LogP contribution in [0.4, 0.5) is 5.69 Å². The number of fused-ring (bicyclic) bond motifs is 2. The van der Waals surface area contributed by atoms with Gasteiger partial charge in [-0.2, -0.15) is 5.10 Å². The van der Waals surface area contributed by atoms with Crippen LogP contribution in [0.3, 0.4) is 0 Å². The molecule has 1 saturated heterocycles. The zero-order valence-electron chi connectivity index (χ0n) is 20.8. The molecule has 1 aliphatic heterocycles. The lowest BCUT2D eigenvalue weighted by atomic mass is 9.54. The smallest absolute Gasteiger partial charge is 0.139 e. The average Bonchev–Trinajstić information content (AvgIpc) is 3.11. The minimum absolute atomic E-state index is 0.0539. The van der Waals surface area contributed by atoms with Crippen LogP contribution < -0.4 is 4.90 Å². The van der Waals surface area contributed by atoms with Crippen molar-refractivity contribution in [3.8, 4) is 0 Å². The number of hydrogen-bond donors (Lipinski definition) is 0. The number of piperidine rings is 1. The predicted molar refractivity (Wildman–Crippen MR) is 130 cm³/mol. The Kier molecular flexibility index (Phi) is 5.11. The first-order valence-electron chi connectivity index (χ1n) is 12.3. The molecule has 1 aromatic carbocycles. The number of anilines is 1. The number of rotatable bonds is 2. The molecule has 0 radical (unpaired) electrons. The second-order valence-corrected chi connectivity index (χ2v) is 12.4.